The number of benzene rings is 4. The zero-order chi connectivity index (χ0) is 57.0. The number of anilines is 7. The van der Waals surface area contributed by atoms with E-state index in [1.165, 1.54) is 36.7 Å². The number of carbonyl (C=O) groups is 2. The van der Waals surface area contributed by atoms with Crippen molar-refractivity contribution in [2.75, 3.05) is 72.3 Å². The lowest BCUT2D eigenvalue weighted by Crippen LogP contribution is -2.44. The second kappa shape index (κ2) is 27.0. The van der Waals surface area contributed by atoms with Crippen molar-refractivity contribution in [3.63, 3.8) is 0 Å². The van der Waals surface area contributed by atoms with Crippen LogP contribution in [0, 0.1) is 11.8 Å². The monoisotopic (exact) mass is 1170 g/mol. The molecule has 4 aromatic carbocycles. The van der Waals surface area contributed by atoms with Crippen LogP contribution in [-0.2, 0) is 27.8 Å². The Morgan fingerprint density at radius 1 is 0.725 bits per heavy atom. The molecule has 3 atom stereocenters. The highest BCUT2D eigenvalue weighted by atomic mass is 35.5. The van der Waals surface area contributed by atoms with Gasteiger partial charge in [-0.3, -0.25) is 23.9 Å². The number of rotatable bonds is 24. The molecule has 2 aliphatic heterocycles. The average molecular weight is 1170 g/mol. The summed E-state index contributed by atoms with van der Waals surface area (Å²) in [7, 11) is -9.63. The molecule has 2 aromatic heterocycles. The molecule has 3 unspecified atom stereocenters. The Morgan fingerprint density at radius 3 is 1.88 bits per heavy atom. The van der Waals surface area contributed by atoms with Crippen molar-refractivity contribution in [1.29, 1.82) is 0 Å². The zero-order valence-corrected chi connectivity index (χ0v) is 47.0. The van der Waals surface area contributed by atoms with Crippen molar-refractivity contribution < 1.29 is 56.4 Å². The molecule has 26 heteroatoms. The van der Waals surface area contributed by atoms with Gasteiger partial charge in [-0.1, -0.05) is 74.5 Å². The number of likely N-dealkylation sites (tertiary alicyclic amines) is 1. The van der Waals surface area contributed by atoms with Gasteiger partial charge in [-0.25, -0.2) is 33.6 Å². The number of nitrogens with one attached hydrogen (secondary N) is 4. The summed E-state index contributed by atoms with van der Waals surface area (Å²) in [6, 6.07) is 23.7. The third-order valence-electron chi connectivity index (χ3n) is 13.0. The predicted octanol–water partition coefficient (Wildman–Crippen LogP) is 11.0. The number of phosphoric ester groups is 2. The first-order valence-corrected chi connectivity index (χ1v) is 29.2. The van der Waals surface area contributed by atoms with Gasteiger partial charge in [0, 0.05) is 66.1 Å². The SMILES string of the molecule is C=CC(=O)Nc1cccc(-c2nc(Nc3ccc(OP(=O)(O)O)c(OCCCN4CCC(C)C(OP(=O)(O)OCOc5ccc(Nc6ncc(Cl)c(-c7cccc(NC(=O)C=C)c7)n6)cc5N5CCC(C)CC5)C4)c3)ncc2Cl)c1. The summed E-state index contributed by atoms with van der Waals surface area (Å²) < 4.78 is 53.7. The minimum absolute atomic E-state index is 0.0246. The summed E-state index contributed by atoms with van der Waals surface area (Å²) in [5, 5.41) is 12.3. The van der Waals surface area contributed by atoms with Gasteiger partial charge < -0.3 is 50.0 Å². The Balaban J connectivity index is 0.862. The molecule has 0 spiro atoms. The molecule has 2 saturated heterocycles. The van der Waals surface area contributed by atoms with Crippen LogP contribution in [0.25, 0.3) is 22.5 Å². The highest BCUT2D eigenvalue weighted by Gasteiger charge is 2.35. The molecule has 22 nitrogen and oxygen atoms in total. The standard InChI is InChI=1S/C54H60Cl2N10O12P2/c1-5-49(67)59-38-12-7-10-36(26-38)51-42(55)30-57-53(63-51)61-40-14-16-45(44(28-40)66-23-18-34(3)19-24-66)75-33-76-80(72,73)78-48-32-65(22-20-35(48)4)21-9-25-74-47-29-41(15-17-46(47)77-79(69,70)71)62-54-58-31-43(56)52(64-54)37-11-8-13-39(27-37)60-50(68)6-2/h5-8,10-17,26-31,34-35,48H,1-2,9,18-25,32-33H2,3-4H3,(H,59,67)(H,60,68)(H,72,73)(H,57,61,63)(H,58,62,64)(H2,69,70,71). The van der Waals surface area contributed by atoms with Crippen molar-refractivity contribution in [3.05, 3.63) is 133 Å². The second-order valence-corrected chi connectivity index (χ2v) is 22.3. The van der Waals surface area contributed by atoms with E-state index in [1.54, 1.807) is 54.6 Å². The number of hydrogen-bond acceptors (Lipinski definition) is 17. The molecule has 0 radical (unpaired) electrons. The molecule has 80 heavy (non-hydrogen) atoms. The summed E-state index contributed by atoms with van der Waals surface area (Å²) in [5.74, 6) is 0.359. The molecule has 6 aromatic rings. The predicted molar refractivity (Wildman–Crippen MR) is 307 cm³/mol. The summed E-state index contributed by atoms with van der Waals surface area (Å²) in [6.45, 7) is 13.6. The van der Waals surface area contributed by atoms with E-state index in [4.69, 9.17) is 46.2 Å². The maximum Gasteiger partial charge on any atom is 0.524 e. The smallest absolute Gasteiger partial charge is 0.490 e. The Morgan fingerprint density at radius 2 is 1.30 bits per heavy atom. The third kappa shape index (κ3) is 16.8. The number of amides is 2. The van der Waals surface area contributed by atoms with E-state index in [-0.39, 0.29) is 52.8 Å². The molecule has 2 fully saturated rings. The Bertz CT molecular complexity index is 3310. The molecule has 0 saturated carbocycles. The van der Waals surface area contributed by atoms with Crippen LogP contribution in [0.3, 0.4) is 0 Å². The van der Waals surface area contributed by atoms with Crippen LogP contribution >= 0.6 is 38.8 Å². The van der Waals surface area contributed by atoms with E-state index in [9.17, 15) is 33.4 Å². The van der Waals surface area contributed by atoms with E-state index < -0.39 is 28.5 Å². The van der Waals surface area contributed by atoms with E-state index >= 15 is 0 Å². The van der Waals surface area contributed by atoms with Crippen molar-refractivity contribution >= 4 is 91.0 Å². The number of hydrogen-bond donors (Lipinski definition) is 7. The first kappa shape index (κ1) is 59.2. The number of piperidine rings is 2. The molecule has 2 aliphatic rings. The topological polar surface area (TPSA) is 281 Å². The van der Waals surface area contributed by atoms with Crippen LogP contribution in [0.2, 0.25) is 10.0 Å². The van der Waals surface area contributed by atoms with Gasteiger partial charge in [0.2, 0.25) is 23.7 Å². The van der Waals surface area contributed by atoms with Crippen LogP contribution in [0.4, 0.5) is 40.3 Å². The fourth-order valence-electron chi connectivity index (χ4n) is 8.78. The molecule has 422 valence electrons. The van der Waals surface area contributed by atoms with Gasteiger partial charge in [-0.05, 0) is 111 Å². The molecule has 2 amide bonds. The van der Waals surface area contributed by atoms with Crippen LogP contribution in [0.5, 0.6) is 17.2 Å². The number of halogens is 2. The van der Waals surface area contributed by atoms with Gasteiger partial charge >= 0.3 is 15.6 Å². The first-order chi connectivity index (χ1) is 38.3. The van der Waals surface area contributed by atoms with Crippen LogP contribution in [0.1, 0.15) is 39.5 Å². The lowest BCUT2D eigenvalue weighted by molar-refractivity contribution is -0.112. The molecule has 0 aliphatic carbocycles. The maximum absolute atomic E-state index is 13.5. The molecule has 7 N–H and O–H groups in total. The van der Waals surface area contributed by atoms with Crippen molar-refractivity contribution in [2.24, 2.45) is 11.8 Å². The highest BCUT2D eigenvalue weighted by molar-refractivity contribution is 7.47. The van der Waals surface area contributed by atoms with Gasteiger partial charge in [0.05, 0.1) is 52.2 Å². The van der Waals surface area contributed by atoms with Crippen LogP contribution in [-0.4, -0.2) is 104 Å². The molecule has 4 heterocycles. The number of nitrogens with zero attached hydrogens (tertiary/aromatic N) is 6. The van der Waals surface area contributed by atoms with Gasteiger partial charge in [0.15, 0.2) is 18.3 Å². The fourth-order valence-corrected chi connectivity index (χ4v) is 10.4. The Kier molecular flexibility index (Phi) is 20.0. The normalized spacial score (nSPS) is 16.7. The fraction of sp³-hybridized carbons (Fsp3) is 0.296. The van der Waals surface area contributed by atoms with Crippen molar-refractivity contribution in [3.8, 4) is 39.8 Å². The molecular weight excluding hydrogens is 1110 g/mol. The van der Waals surface area contributed by atoms with Crippen molar-refractivity contribution in [1.82, 2.24) is 24.8 Å². The van der Waals surface area contributed by atoms with Crippen LogP contribution < -0.4 is 40.2 Å². The van der Waals surface area contributed by atoms with E-state index in [0.717, 1.165) is 37.7 Å². The lowest BCUT2D eigenvalue weighted by Gasteiger charge is -2.37. The summed E-state index contributed by atoms with van der Waals surface area (Å²) >= 11 is 13.0. The summed E-state index contributed by atoms with van der Waals surface area (Å²) in [4.78, 5) is 76.3. The first-order valence-electron chi connectivity index (χ1n) is 25.4. The largest absolute Gasteiger partial charge is 0.524 e. The lowest BCUT2D eigenvalue weighted by atomic mass is 9.96. The number of aromatic nitrogens is 4. The maximum atomic E-state index is 13.5. The van der Waals surface area contributed by atoms with E-state index in [2.05, 4.69) is 71.1 Å². The number of ether oxygens (including phenoxy) is 2. The van der Waals surface area contributed by atoms with Gasteiger partial charge in [0.1, 0.15) is 5.75 Å². The highest BCUT2D eigenvalue weighted by Crippen LogP contribution is 2.48. The van der Waals surface area contributed by atoms with E-state index in [0.29, 0.717) is 94.4 Å². The molecule has 0 bridgehead atoms. The average Bonchev–Trinajstić information content (AvgIpc) is 3.46. The van der Waals surface area contributed by atoms with Gasteiger partial charge in [-0.15, -0.1) is 0 Å². The molecule has 8 rings (SSSR count). The number of carbonyl (C=O) groups excluding carboxylic acids is 2. The summed E-state index contributed by atoms with van der Waals surface area (Å²) in [5.41, 5.74) is 4.87. The zero-order valence-electron chi connectivity index (χ0n) is 43.7. The Labute approximate surface area is 472 Å². The molecular formula is C54H60Cl2N10O12P2. The quantitative estimate of drug-likeness (QED) is 0.0128. The van der Waals surface area contributed by atoms with Gasteiger partial charge in [-0.2, -0.15) is 0 Å². The third-order valence-corrected chi connectivity index (χ3v) is 14.9. The second-order valence-electron chi connectivity index (χ2n) is 18.9. The number of phosphoric acid groups is 2. The van der Waals surface area contributed by atoms with E-state index in [1.807, 2.05) is 19.1 Å². The Hall–Kier alpha value is -6.94. The van der Waals surface area contributed by atoms with Crippen molar-refractivity contribution in [2.45, 2.75) is 45.6 Å². The van der Waals surface area contributed by atoms with Crippen LogP contribution in [0.15, 0.2) is 123 Å². The summed E-state index contributed by atoms with van der Waals surface area (Å²) in [6.07, 6.45) is 7.57. The van der Waals surface area contributed by atoms with Gasteiger partial charge in [0.25, 0.3) is 0 Å². The minimum Gasteiger partial charge on any atom is -0.490 e. The minimum atomic E-state index is -4.99.